The molecule has 0 amide bonds. The van der Waals surface area contributed by atoms with Crippen LogP contribution < -0.4 is 4.74 Å². The van der Waals surface area contributed by atoms with Crippen molar-refractivity contribution in [3.05, 3.63) is 62.8 Å². The summed E-state index contributed by atoms with van der Waals surface area (Å²) in [5.41, 5.74) is 1.39. The summed E-state index contributed by atoms with van der Waals surface area (Å²) in [7, 11) is 1.60. The van der Waals surface area contributed by atoms with Crippen molar-refractivity contribution in [3.63, 3.8) is 0 Å². The van der Waals surface area contributed by atoms with Gasteiger partial charge in [-0.15, -0.1) is 0 Å². The van der Waals surface area contributed by atoms with Crippen LogP contribution in [0.4, 0.5) is 4.39 Å². The number of alkyl halides is 1. The minimum Gasteiger partial charge on any atom is -0.497 e. The van der Waals surface area contributed by atoms with Gasteiger partial charge in [-0.25, -0.2) is 4.39 Å². The van der Waals surface area contributed by atoms with E-state index < -0.39 is 0 Å². The average molecular weight is 408 g/mol. The molecular weight excluding hydrogens is 398 g/mol. The van der Waals surface area contributed by atoms with Crippen LogP contribution in [0.2, 0.25) is 5.02 Å². The summed E-state index contributed by atoms with van der Waals surface area (Å²) in [5, 5.41) is 0.476. The summed E-state index contributed by atoms with van der Waals surface area (Å²) in [6.45, 7) is 0. The van der Waals surface area contributed by atoms with Gasteiger partial charge in [0, 0.05) is 10.0 Å². The van der Waals surface area contributed by atoms with E-state index in [4.69, 9.17) is 16.3 Å². The van der Waals surface area contributed by atoms with Gasteiger partial charge in [-0.2, -0.15) is 0 Å². The van der Waals surface area contributed by atoms with E-state index in [-0.39, 0.29) is 10.6 Å². The summed E-state index contributed by atoms with van der Waals surface area (Å²) in [4.78, 5) is -0.284. The van der Waals surface area contributed by atoms with E-state index in [1.807, 2.05) is 24.3 Å². The summed E-state index contributed by atoms with van der Waals surface area (Å²) >= 11 is 12.7. The van der Waals surface area contributed by atoms with Crippen LogP contribution in [0.25, 0.3) is 0 Å². The molecule has 2 aromatic carbocycles. The highest BCUT2D eigenvalue weighted by molar-refractivity contribution is 9.10. The lowest BCUT2D eigenvalue weighted by molar-refractivity contribution is 0.414. The summed E-state index contributed by atoms with van der Waals surface area (Å²) in [6, 6.07) is 10.4. The molecule has 5 heteroatoms. The number of hydrogen-bond acceptors (Lipinski definition) is 1. The molecule has 1 unspecified atom stereocenters. The Labute approximate surface area is 133 Å². The zero-order valence-corrected chi connectivity index (χ0v) is 13.9. The maximum atomic E-state index is 14.0. The predicted octanol–water partition coefficient (Wildman–Crippen LogP) is 5.73. The molecule has 0 radical (unpaired) electrons. The van der Waals surface area contributed by atoms with Crippen LogP contribution >= 0.6 is 43.5 Å². The lowest BCUT2D eigenvalue weighted by Crippen LogP contribution is -1.97. The Morgan fingerprint density at radius 2 is 2.00 bits per heavy atom. The van der Waals surface area contributed by atoms with Gasteiger partial charge < -0.3 is 4.74 Å². The van der Waals surface area contributed by atoms with Gasteiger partial charge in [-0.1, -0.05) is 39.7 Å². The van der Waals surface area contributed by atoms with Gasteiger partial charge in [-0.05, 0) is 45.8 Å². The molecule has 0 saturated heterocycles. The van der Waals surface area contributed by atoms with Crippen LogP contribution in [0.3, 0.4) is 0 Å². The van der Waals surface area contributed by atoms with E-state index in [0.29, 0.717) is 15.1 Å². The van der Waals surface area contributed by atoms with Crippen molar-refractivity contribution in [2.24, 2.45) is 0 Å². The smallest absolute Gasteiger partial charge is 0.129 e. The molecule has 19 heavy (non-hydrogen) atoms. The van der Waals surface area contributed by atoms with Crippen LogP contribution in [0.15, 0.2) is 40.9 Å². The molecular formula is C14H10Br2ClFO. The van der Waals surface area contributed by atoms with Gasteiger partial charge in [0.05, 0.1) is 17.0 Å². The third-order valence-electron chi connectivity index (χ3n) is 2.70. The standard InChI is InChI=1S/C14H10Br2ClFO/c1-19-9-4-2-3-8(5-9)14(16)10-6-12(17)11(15)7-13(10)18/h2-7,14H,1H3. The molecule has 1 atom stereocenters. The molecule has 0 spiro atoms. The number of benzene rings is 2. The van der Waals surface area contributed by atoms with Crippen molar-refractivity contribution in [1.29, 1.82) is 0 Å². The molecule has 100 valence electrons. The Kier molecular flexibility index (Phi) is 4.87. The second-order valence-corrected chi connectivity index (χ2v) is 6.10. The number of halogens is 4. The first-order chi connectivity index (χ1) is 9.02. The topological polar surface area (TPSA) is 9.23 Å². The lowest BCUT2D eigenvalue weighted by Gasteiger charge is -2.14. The van der Waals surface area contributed by atoms with E-state index in [2.05, 4.69) is 31.9 Å². The molecule has 0 aromatic heterocycles. The molecule has 0 fully saturated rings. The van der Waals surface area contributed by atoms with Crippen LogP contribution in [0.1, 0.15) is 16.0 Å². The van der Waals surface area contributed by atoms with Gasteiger partial charge in [0.15, 0.2) is 0 Å². The van der Waals surface area contributed by atoms with Crippen molar-refractivity contribution in [2.45, 2.75) is 4.83 Å². The van der Waals surface area contributed by atoms with E-state index in [9.17, 15) is 4.39 Å². The average Bonchev–Trinajstić information content (AvgIpc) is 2.42. The third-order valence-corrected chi connectivity index (χ3v) is 4.92. The van der Waals surface area contributed by atoms with Gasteiger partial charge in [0.25, 0.3) is 0 Å². The molecule has 0 saturated carbocycles. The second-order valence-electron chi connectivity index (χ2n) is 3.93. The quantitative estimate of drug-likeness (QED) is 0.465. The first-order valence-electron chi connectivity index (χ1n) is 5.45. The van der Waals surface area contributed by atoms with Gasteiger partial charge in [0.1, 0.15) is 11.6 Å². The number of ether oxygens (including phenoxy) is 1. The highest BCUT2D eigenvalue weighted by Crippen LogP contribution is 2.37. The highest BCUT2D eigenvalue weighted by Gasteiger charge is 2.17. The predicted molar refractivity (Wildman–Crippen MR) is 82.9 cm³/mol. The first kappa shape index (κ1) is 14.8. The minimum atomic E-state index is -0.319. The fraction of sp³-hybridized carbons (Fsp3) is 0.143. The van der Waals surface area contributed by atoms with Crippen LogP contribution in [0, 0.1) is 5.82 Å². The van der Waals surface area contributed by atoms with E-state index >= 15 is 0 Å². The summed E-state index contributed by atoms with van der Waals surface area (Å²) < 4.78 is 19.7. The van der Waals surface area contributed by atoms with Crippen molar-refractivity contribution in [3.8, 4) is 5.75 Å². The summed E-state index contributed by atoms with van der Waals surface area (Å²) in [5.74, 6) is 0.409. The number of rotatable bonds is 3. The van der Waals surface area contributed by atoms with Gasteiger partial charge >= 0.3 is 0 Å². The van der Waals surface area contributed by atoms with E-state index in [0.717, 1.165) is 11.3 Å². The maximum absolute atomic E-state index is 14.0. The Morgan fingerprint density at radius 1 is 1.26 bits per heavy atom. The molecule has 0 aliphatic heterocycles. The molecule has 0 bridgehead atoms. The highest BCUT2D eigenvalue weighted by atomic mass is 79.9. The zero-order chi connectivity index (χ0) is 14.0. The Balaban J connectivity index is 2.43. The molecule has 1 nitrogen and oxygen atoms in total. The van der Waals surface area contributed by atoms with E-state index in [1.54, 1.807) is 13.2 Å². The number of hydrogen-bond donors (Lipinski definition) is 0. The van der Waals surface area contributed by atoms with Crippen molar-refractivity contribution >= 4 is 43.5 Å². The van der Waals surface area contributed by atoms with Gasteiger partial charge in [0.2, 0.25) is 0 Å². The first-order valence-corrected chi connectivity index (χ1v) is 7.54. The van der Waals surface area contributed by atoms with Crippen LogP contribution in [-0.2, 0) is 0 Å². The normalized spacial score (nSPS) is 12.3. The molecule has 0 heterocycles. The fourth-order valence-electron chi connectivity index (χ4n) is 1.71. The van der Waals surface area contributed by atoms with Crippen molar-refractivity contribution in [1.82, 2.24) is 0 Å². The van der Waals surface area contributed by atoms with E-state index in [1.165, 1.54) is 6.07 Å². The van der Waals surface area contributed by atoms with Crippen LogP contribution in [0.5, 0.6) is 5.75 Å². The van der Waals surface area contributed by atoms with Crippen molar-refractivity contribution in [2.75, 3.05) is 7.11 Å². The van der Waals surface area contributed by atoms with Crippen LogP contribution in [-0.4, -0.2) is 7.11 Å². The molecule has 0 N–H and O–H groups in total. The third kappa shape index (κ3) is 3.30. The largest absolute Gasteiger partial charge is 0.497 e. The molecule has 0 aliphatic carbocycles. The SMILES string of the molecule is COc1cccc(C(Br)c2cc(Cl)c(Br)cc2F)c1. The molecule has 2 rings (SSSR count). The summed E-state index contributed by atoms with van der Waals surface area (Å²) in [6.07, 6.45) is 0. The number of methoxy groups -OCH3 is 1. The molecule has 2 aromatic rings. The Morgan fingerprint density at radius 3 is 2.68 bits per heavy atom. The maximum Gasteiger partial charge on any atom is 0.129 e. The Hall–Kier alpha value is -0.580. The van der Waals surface area contributed by atoms with Crippen molar-refractivity contribution < 1.29 is 9.13 Å². The minimum absolute atomic E-state index is 0.284. The lowest BCUT2D eigenvalue weighted by atomic mass is 10.0. The fourth-order valence-corrected chi connectivity index (χ4v) is 2.83. The zero-order valence-electron chi connectivity index (χ0n) is 9.96. The monoisotopic (exact) mass is 406 g/mol. The van der Waals surface area contributed by atoms with Gasteiger partial charge in [-0.3, -0.25) is 0 Å². The molecule has 0 aliphatic rings. The second kappa shape index (κ2) is 6.25. The Bertz CT molecular complexity index is 604.